The van der Waals surface area contributed by atoms with E-state index in [9.17, 15) is 0 Å². The van der Waals surface area contributed by atoms with Crippen LogP contribution in [0.5, 0.6) is 0 Å². The Kier molecular flexibility index (Phi) is 5.18. The van der Waals surface area contributed by atoms with Gasteiger partial charge in [-0.2, -0.15) is 0 Å². The molecule has 0 saturated heterocycles. The fraction of sp³-hybridized carbons (Fsp3) is 0.688. The van der Waals surface area contributed by atoms with Crippen LogP contribution in [0.4, 0.5) is 0 Å². The van der Waals surface area contributed by atoms with Gasteiger partial charge in [-0.3, -0.25) is 4.98 Å². The van der Waals surface area contributed by atoms with Gasteiger partial charge in [0, 0.05) is 18.4 Å². The van der Waals surface area contributed by atoms with Crippen LogP contribution in [0.3, 0.4) is 0 Å². The van der Waals surface area contributed by atoms with Crippen molar-refractivity contribution in [1.82, 2.24) is 10.3 Å². The first-order chi connectivity index (χ1) is 8.81. The summed E-state index contributed by atoms with van der Waals surface area (Å²) in [5, 5.41) is 3.77. The molecule has 1 aliphatic rings. The zero-order valence-corrected chi connectivity index (χ0v) is 11.7. The van der Waals surface area contributed by atoms with E-state index in [1.165, 1.54) is 31.2 Å². The van der Waals surface area contributed by atoms with Crippen LogP contribution in [0.1, 0.15) is 45.1 Å². The maximum atomic E-state index is 4.11. The van der Waals surface area contributed by atoms with Crippen LogP contribution in [0.25, 0.3) is 0 Å². The Balaban J connectivity index is 2.00. The second-order valence-corrected chi connectivity index (χ2v) is 5.69. The zero-order chi connectivity index (χ0) is 12.8. The smallest absolute Gasteiger partial charge is 0.0270 e. The highest BCUT2D eigenvalue weighted by Crippen LogP contribution is 2.34. The predicted molar refractivity (Wildman–Crippen MR) is 76.5 cm³/mol. The highest BCUT2D eigenvalue weighted by atomic mass is 14.9. The van der Waals surface area contributed by atoms with E-state index in [1.54, 1.807) is 0 Å². The van der Waals surface area contributed by atoms with Gasteiger partial charge in [0.2, 0.25) is 0 Å². The van der Waals surface area contributed by atoms with Gasteiger partial charge in [0.25, 0.3) is 0 Å². The summed E-state index contributed by atoms with van der Waals surface area (Å²) in [6, 6.07) is 4.95. The first-order valence-electron chi connectivity index (χ1n) is 7.43. The first-order valence-corrected chi connectivity index (χ1v) is 7.43. The second-order valence-electron chi connectivity index (χ2n) is 5.69. The lowest BCUT2D eigenvalue weighted by Crippen LogP contribution is -2.39. The number of hydrogen-bond donors (Lipinski definition) is 1. The summed E-state index contributed by atoms with van der Waals surface area (Å²) in [5.41, 5.74) is 1.41. The van der Waals surface area contributed by atoms with Crippen LogP contribution < -0.4 is 5.32 Å². The zero-order valence-electron chi connectivity index (χ0n) is 11.7. The molecule has 0 radical (unpaired) electrons. The molecule has 1 aromatic rings. The molecule has 3 atom stereocenters. The minimum atomic E-state index is 0.643. The van der Waals surface area contributed by atoms with E-state index < -0.39 is 0 Å². The van der Waals surface area contributed by atoms with Crippen LogP contribution in [-0.4, -0.2) is 17.6 Å². The van der Waals surface area contributed by atoms with E-state index in [2.05, 4.69) is 36.3 Å². The average Bonchev–Trinajstić information content (AvgIpc) is 2.82. The van der Waals surface area contributed by atoms with Gasteiger partial charge in [0.15, 0.2) is 0 Å². The van der Waals surface area contributed by atoms with Crippen LogP contribution in [-0.2, 0) is 6.42 Å². The molecule has 18 heavy (non-hydrogen) atoms. The maximum absolute atomic E-state index is 4.11. The number of nitrogens with one attached hydrogen (secondary N) is 1. The van der Waals surface area contributed by atoms with Crippen LogP contribution in [0.2, 0.25) is 0 Å². The number of aromatic nitrogens is 1. The standard InChI is InChI=1S/C16H26N2/c1-3-9-18-16(15-6-4-5-13(15)2)12-14-7-10-17-11-8-14/h7-8,10-11,13,15-16,18H,3-6,9,12H2,1-2H3. The Bertz CT molecular complexity index is 336. The van der Waals surface area contributed by atoms with E-state index in [4.69, 9.17) is 0 Å². The Morgan fingerprint density at radius 1 is 1.33 bits per heavy atom. The summed E-state index contributed by atoms with van der Waals surface area (Å²) in [6.45, 7) is 5.80. The van der Waals surface area contributed by atoms with Crippen molar-refractivity contribution in [2.45, 2.75) is 52.0 Å². The number of pyridine rings is 1. The van der Waals surface area contributed by atoms with Crippen molar-refractivity contribution in [2.75, 3.05) is 6.54 Å². The summed E-state index contributed by atoms with van der Waals surface area (Å²) in [5.74, 6) is 1.73. The molecule has 100 valence electrons. The molecule has 1 aliphatic carbocycles. The highest BCUT2D eigenvalue weighted by Gasteiger charge is 2.30. The van der Waals surface area contributed by atoms with Crippen LogP contribution >= 0.6 is 0 Å². The Morgan fingerprint density at radius 2 is 2.11 bits per heavy atom. The lowest BCUT2D eigenvalue weighted by molar-refractivity contribution is 0.295. The lowest BCUT2D eigenvalue weighted by atomic mass is 9.86. The number of hydrogen-bond acceptors (Lipinski definition) is 2. The topological polar surface area (TPSA) is 24.9 Å². The van der Waals surface area contributed by atoms with Gasteiger partial charge < -0.3 is 5.32 Å². The third-order valence-corrected chi connectivity index (χ3v) is 4.31. The molecule has 0 aliphatic heterocycles. The van der Waals surface area contributed by atoms with Crippen molar-refractivity contribution in [3.05, 3.63) is 30.1 Å². The highest BCUT2D eigenvalue weighted by molar-refractivity contribution is 5.12. The van der Waals surface area contributed by atoms with Gasteiger partial charge in [-0.25, -0.2) is 0 Å². The van der Waals surface area contributed by atoms with Gasteiger partial charge in [-0.05, 0) is 55.3 Å². The summed E-state index contributed by atoms with van der Waals surface area (Å²) >= 11 is 0. The van der Waals surface area contributed by atoms with Gasteiger partial charge in [-0.15, -0.1) is 0 Å². The van der Waals surface area contributed by atoms with E-state index in [0.29, 0.717) is 6.04 Å². The molecule has 3 unspecified atom stereocenters. The SMILES string of the molecule is CCCNC(Cc1ccncc1)C1CCCC1C. The normalized spacial score (nSPS) is 25.2. The molecule has 2 nitrogen and oxygen atoms in total. The molecule has 1 heterocycles. The third-order valence-electron chi connectivity index (χ3n) is 4.31. The number of rotatable bonds is 6. The third kappa shape index (κ3) is 3.55. The minimum Gasteiger partial charge on any atom is -0.313 e. The maximum Gasteiger partial charge on any atom is 0.0270 e. The molecule has 0 amide bonds. The summed E-state index contributed by atoms with van der Waals surface area (Å²) < 4.78 is 0. The van der Waals surface area contributed by atoms with E-state index in [0.717, 1.165) is 24.8 Å². The molecule has 0 spiro atoms. The van der Waals surface area contributed by atoms with E-state index in [-0.39, 0.29) is 0 Å². The summed E-state index contributed by atoms with van der Waals surface area (Å²) in [7, 11) is 0. The molecule has 2 heteroatoms. The van der Waals surface area contributed by atoms with Gasteiger partial charge in [-0.1, -0.05) is 26.7 Å². The molecular weight excluding hydrogens is 220 g/mol. The Hall–Kier alpha value is -0.890. The molecule has 1 N–H and O–H groups in total. The Labute approximate surface area is 111 Å². The van der Waals surface area contributed by atoms with Gasteiger partial charge >= 0.3 is 0 Å². The molecular formula is C16H26N2. The fourth-order valence-electron chi connectivity index (χ4n) is 3.25. The largest absolute Gasteiger partial charge is 0.313 e. The monoisotopic (exact) mass is 246 g/mol. The van der Waals surface area contributed by atoms with Crippen molar-refractivity contribution in [1.29, 1.82) is 0 Å². The lowest BCUT2D eigenvalue weighted by Gasteiger charge is -2.28. The number of nitrogens with zero attached hydrogens (tertiary/aromatic N) is 1. The van der Waals surface area contributed by atoms with Crippen molar-refractivity contribution in [3.8, 4) is 0 Å². The fourth-order valence-corrected chi connectivity index (χ4v) is 3.25. The van der Waals surface area contributed by atoms with Crippen LogP contribution in [0, 0.1) is 11.8 Å². The van der Waals surface area contributed by atoms with Crippen molar-refractivity contribution in [3.63, 3.8) is 0 Å². The van der Waals surface area contributed by atoms with Gasteiger partial charge in [0.1, 0.15) is 0 Å². The molecule has 2 rings (SSSR count). The summed E-state index contributed by atoms with van der Waals surface area (Å²) in [6.07, 6.45) is 10.4. The van der Waals surface area contributed by atoms with Crippen molar-refractivity contribution < 1.29 is 0 Å². The average molecular weight is 246 g/mol. The van der Waals surface area contributed by atoms with Crippen molar-refractivity contribution in [2.24, 2.45) is 11.8 Å². The van der Waals surface area contributed by atoms with E-state index in [1.807, 2.05) is 12.4 Å². The quantitative estimate of drug-likeness (QED) is 0.832. The van der Waals surface area contributed by atoms with E-state index >= 15 is 0 Å². The first kappa shape index (κ1) is 13.5. The second kappa shape index (κ2) is 6.89. The van der Waals surface area contributed by atoms with Crippen molar-refractivity contribution >= 4 is 0 Å². The molecule has 1 saturated carbocycles. The molecule has 1 fully saturated rings. The summed E-state index contributed by atoms with van der Waals surface area (Å²) in [4.78, 5) is 4.11. The Morgan fingerprint density at radius 3 is 2.72 bits per heavy atom. The van der Waals surface area contributed by atoms with Gasteiger partial charge in [0.05, 0.1) is 0 Å². The molecule has 1 aromatic heterocycles. The molecule has 0 aromatic carbocycles. The van der Waals surface area contributed by atoms with Crippen LogP contribution in [0.15, 0.2) is 24.5 Å². The predicted octanol–water partition coefficient (Wildman–Crippen LogP) is 3.43. The molecule has 0 bridgehead atoms. The minimum absolute atomic E-state index is 0.643.